The number of hydrogen-bond donors (Lipinski definition) is 3. The van der Waals surface area contributed by atoms with Crippen molar-refractivity contribution in [1.82, 2.24) is 20.4 Å². The molecule has 3 aromatic rings. The maximum Gasteiger partial charge on any atom is 0.245 e. The summed E-state index contributed by atoms with van der Waals surface area (Å²) in [7, 11) is 3.65. The second-order valence-corrected chi connectivity index (χ2v) is 10.4. The number of para-hydroxylation sites is 1. The van der Waals surface area contributed by atoms with Gasteiger partial charge in [-0.1, -0.05) is 54.1 Å². The Labute approximate surface area is 246 Å². The maximum absolute atomic E-state index is 11.8. The molecule has 2 aliphatic rings. The molecule has 0 saturated carbocycles. The Morgan fingerprint density at radius 1 is 1.00 bits per heavy atom. The number of amides is 2. The predicted molar refractivity (Wildman–Crippen MR) is 164 cm³/mol. The zero-order chi connectivity index (χ0) is 29.2. The number of nitrogens with zero attached hydrogens (tertiary/aromatic N) is 3. The summed E-state index contributed by atoms with van der Waals surface area (Å²) in [6, 6.07) is 23.1. The number of aliphatic imine (C=N–C) groups is 1. The van der Waals surface area contributed by atoms with Gasteiger partial charge in [0.05, 0.1) is 18.0 Å². The van der Waals surface area contributed by atoms with Crippen molar-refractivity contribution in [2.75, 3.05) is 52.3 Å². The number of nitrogens with one attached hydrogen (secondary N) is 3. The Hall–Kier alpha value is -3.92. The first-order valence-corrected chi connectivity index (χ1v) is 14.0. The molecule has 10 heteroatoms. The smallest absolute Gasteiger partial charge is 0.245 e. The van der Waals surface area contributed by atoms with Crippen molar-refractivity contribution < 1.29 is 14.3 Å². The highest BCUT2D eigenvalue weighted by atomic mass is 35.5. The molecule has 0 aliphatic carbocycles. The zero-order valence-electron chi connectivity index (χ0n) is 23.7. The number of fused-ring (bicyclic) bond motifs is 2. The van der Waals surface area contributed by atoms with Crippen LogP contribution < -0.4 is 16.0 Å². The van der Waals surface area contributed by atoms with E-state index >= 15 is 0 Å². The summed E-state index contributed by atoms with van der Waals surface area (Å²) < 4.78 is 4.90. The van der Waals surface area contributed by atoms with Gasteiger partial charge in [0.25, 0.3) is 0 Å². The average molecular weight is 577 g/mol. The second-order valence-electron chi connectivity index (χ2n) is 9.97. The van der Waals surface area contributed by atoms with Crippen molar-refractivity contribution in [1.29, 1.82) is 0 Å². The van der Waals surface area contributed by atoms with Gasteiger partial charge in [0.15, 0.2) is 0 Å². The summed E-state index contributed by atoms with van der Waals surface area (Å²) in [5.41, 5.74) is 5.12. The number of carbonyl (C=O) groups is 2. The number of halogens is 1. The van der Waals surface area contributed by atoms with Gasteiger partial charge >= 0.3 is 0 Å². The summed E-state index contributed by atoms with van der Waals surface area (Å²) in [5.74, 6) is 0.519. The van der Waals surface area contributed by atoms with Gasteiger partial charge in [-0.25, -0.2) is 4.99 Å². The van der Waals surface area contributed by atoms with E-state index in [0.29, 0.717) is 11.6 Å². The zero-order valence-corrected chi connectivity index (χ0v) is 24.4. The maximum atomic E-state index is 11.8. The molecule has 5 rings (SSSR count). The highest BCUT2D eigenvalue weighted by Gasteiger charge is 2.24. The van der Waals surface area contributed by atoms with Gasteiger partial charge in [0, 0.05) is 63.0 Å². The fraction of sp³-hybridized carbons (Fsp3) is 0.323. The summed E-state index contributed by atoms with van der Waals surface area (Å²) in [6.45, 7) is 6.03. The second kappa shape index (κ2) is 14.6. The van der Waals surface area contributed by atoms with E-state index < -0.39 is 6.04 Å². The lowest BCUT2D eigenvalue weighted by molar-refractivity contribution is -0.129. The lowest BCUT2D eigenvalue weighted by atomic mass is 10.1. The van der Waals surface area contributed by atoms with Crippen LogP contribution in [-0.4, -0.2) is 80.4 Å². The largest absolute Gasteiger partial charge is 0.382 e. The van der Waals surface area contributed by atoms with Crippen LogP contribution in [0.4, 0.5) is 17.1 Å². The first-order valence-electron chi connectivity index (χ1n) is 13.6. The van der Waals surface area contributed by atoms with Gasteiger partial charge in [-0.2, -0.15) is 0 Å². The molecule has 0 radical (unpaired) electrons. The van der Waals surface area contributed by atoms with E-state index in [4.69, 9.17) is 21.3 Å². The van der Waals surface area contributed by atoms with Crippen molar-refractivity contribution >= 4 is 46.3 Å². The number of likely N-dealkylation sites (N-methyl/N-ethyl adjacent to an activating group) is 1. The number of carbonyl (C=O) groups excluding carboxylic acids is 2. The molecule has 3 N–H and O–H groups in total. The lowest BCUT2D eigenvalue weighted by Gasteiger charge is -2.34. The van der Waals surface area contributed by atoms with Crippen LogP contribution in [0.5, 0.6) is 0 Å². The molecule has 0 unspecified atom stereocenters. The Balaban J connectivity index is 0.000000196. The van der Waals surface area contributed by atoms with Gasteiger partial charge < -0.3 is 30.5 Å². The van der Waals surface area contributed by atoms with Gasteiger partial charge in [0.1, 0.15) is 11.9 Å². The molecule has 2 amide bonds. The van der Waals surface area contributed by atoms with Crippen molar-refractivity contribution in [3.63, 3.8) is 0 Å². The molecule has 2 heterocycles. The quantitative estimate of drug-likeness (QED) is 0.407. The van der Waals surface area contributed by atoms with E-state index in [2.05, 4.69) is 51.0 Å². The van der Waals surface area contributed by atoms with Crippen LogP contribution >= 0.6 is 11.6 Å². The van der Waals surface area contributed by atoms with Crippen LogP contribution in [0.1, 0.15) is 18.1 Å². The predicted octanol–water partition coefficient (Wildman–Crippen LogP) is 4.18. The third-order valence-corrected chi connectivity index (χ3v) is 7.00. The summed E-state index contributed by atoms with van der Waals surface area (Å²) in [6.07, 6.45) is 0. The first kappa shape index (κ1) is 30.0. The molecule has 0 spiro atoms. The van der Waals surface area contributed by atoms with E-state index in [1.807, 2.05) is 54.6 Å². The Bertz CT molecular complexity index is 1360. The van der Waals surface area contributed by atoms with E-state index in [-0.39, 0.29) is 18.4 Å². The number of benzene rings is 3. The standard InChI is InChI=1S/C18H19ClN4.C13H18N2O3/c1-22-8-10-23(11-9-22)18-14-4-2-3-5-15(14)20-16-7-6-13(19)12-17(16)21-18;1-10(16)15-12(9-18-2)13(17)14-8-11-6-4-3-5-7-11/h2-7,12,20H,8-11H2,1H3;3-7,12H,8-9H2,1-2H3,(H,14,17)(H,15,16)/t;12-/m.1/s1. The van der Waals surface area contributed by atoms with Crippen LogP contribution in [0.2, 0.25) is 5.02 Å². The number of anilines is 2. The van der Waals surface area contributed by atoms with E-state index in [0.717, 1.165) is 60.2 Å². The minimum atomic E-state index is -0.656. The van der Waals surface area contributed by atoms with E-state index in [1.165, 1.54) is 14.0 Å². The molecule has 216 valence electrons. The molecule has 1 saturated heterocycles. The Morgan fingerprint density at radius 2 is 1.71 bits per heavy atom. The van der Waals surface area contributed by atoms with Crippen LogP contribution in [0, 0.1) is 0 Å². The number of ether oxygens (including phenoxy) is 1. The number of amidine groups is 1. The highest BCUT2D eigenvalue weighted by molar-refractivity contribution is 6.31. The summed E-state index contributed by atoms with van der Waals surface area (Å²) >= 11 is 6.18. The average Bonchev–Trinajstić information content (AvgIpc) is 3.13. The molecule has 1 fully saturated rings. The monoisotopic (exact) mass is 576 g/mol. The minimum Gasteiger partial charge on any atom is -0.382 e. The Morgan fingerprint density at radius 3 is 2.41 bits per heavy atom. The molecule has 3 aromatic carbocycles. The number of methoxy groups -OCH3 is 1. The SMILES string of the molecule is CN1CCN(C2=Nc3cc(Cl)ccc3Nc3ccccc32)CC1.COC[C@@H](NC(C)=O)C(=O)NCc1ccccc1. The van der Waals surface area contributed by atoms with Crippen molar-refractivity contribution in [2.45, 2.75) is 19.5 Å². The summed E-state index contributed by atoms with van der Waals surface area (Å²) in [5, 5.41) is 9.50. The number of hydrogen-bond acceptors (Lipinski definition) is 7. The van der Waals surface area contributed by atoms with Crippen LogP contribution in [-0.2, 0) is 20.9 Å². The van der Waals surface area contributed by atoms with Crippen LogP contribution in [0.3, 0.4) is 0 Å². The molecule has 2 aliphatic heterocycles. The summed E-state index contributed by atoms with van der Waals surface area (Å²) in [4.78, 5) is 32.5. The molecule has 1 atom stereocenters. The topological polar surface area (TPSA) is 98.3 Å². The van der Waals surface area contributed by atoms with E-state index in [9.17, 15) is 9.59 Å². The molecule has 0 bridgehead atoms. The molecule has 9 nitrogen and oxygen atoms in total. The first-order chi connectivity index (χ1) is 19.8. The van der Waals surface area contributed by atoms with Gasteiger partial charge in [-0.15, -0.1) is 0 Å². The van der Waals surface area contributed by atoms with Gasteiger partial charge in [-0.3, -0.25) is 9.59 Å². The molecule has 41 heavy (non-hydrogen) atoms. The fourth-order valence-corrected chi connectivity index (χ4v) is 4.74. The van der Waals surface area contributed by atoms with E-state index in [1.54, 1.807) is 0 Å². The fourth-order valence-electron chi connectivity index (χ4n) is 4.57. The van der Waals surface area contributed by atoms with Crippen molar-refractivity contribution in [3.05, 3.63) is 88.9 Å². The Kier molecular flexibility index (Phi) is 10.7. The molecular formula is C31H37ClN6O3. The number of rotatable bonds is 6. The lowest BCUT2D eigenvalue weighted by Crippen LogP contribution is -2.48. The third-order valence-electron chi connectivity index (χ3n) is 6.76. The van der Waals surface area contributed by atoms with Gasteiger partial charge in [-0.05, 0) is 42.9 Å². The van der Waals surface area contributed by atoms with Gasteiger partial charge in [0.2, 0.25) is 11.8 Å². The molecule has 0 aromatic heterocycles. The van der Waals surface area contributed by atoms with Crippen molar-refractivity contribution in [3.8, 4) is 0 Å². The third kappa shape index (κ3) is 8.53. The number of piperazine rings is 1. The van der Waals surface area contributed by atoms with Crippen LogP contribution in [0.15, 0.2) is 77.8 Å². The van der Waals surface area contributed by atoms with Crippen LogP contribution in [0.25, 0.3) is 0 Å². The normalized spacial score (nSPS) is 15.0. The minimum absolute atomic E-state index is 0.153. The van der Waals surface area contributed by atoms with Crippen molar-refractivity contribution in [2.24, 2.45) is 4.99 Å². The highest BCUT2D eigenvalue weighted by Crippen LogP contribution is 2.36. The molecular weight excluding hydrogens is 540 g/mol.